The maximum absolute atomic E-state index is 6.23. The summed E-state index contributed by atoms with van der Waals surface area (Å²) in [4.78, 5) is 15.7. The number of aromatic nitrogens is 4. The zero-order valence-corrected chi connectivity index (χ0v) is 11.7. The van der Waals surface area contributed by atoms with Crippen LogP contribution in [-0.2, 0) is 0 Å². The Morgan fingerprint density at radius 2 is 2.16 bits per heavy atom. The van der Waals surface area contributed by atoms with Crippen molar-refractivity contribution in [2.75, 3.05) is 11.2 Å². The van der Waals surface area contributed by atoms with Crippen molar-refractivity contribution in [2.24, 2.45) is 5.92 Å². The summed E-state index contributed by atoms with van der Waals surface area (Å²) in [6, 6.07) is 0. The Balaban J connectivity index is 1.88. The Morgan fingerprint density at radius 1 is 1.37 bits per heavy atom. The Bertz CT molecular complexity index is 559. The van der Waals surface area contributed by atoms with E-state index >= 15 is 0 Å². The molecule has 5 nitrogen and oxygen atoms in total. The van der Waals surface area contributed by atoms with E-state index in [0.717, 1.165) is 30.1 Å². The number of hydrogen-bond donors (Lipinski definition) is 2. The smallest absolute Gasteiger partial charge is 0.182 e. The quantitative estimate of drug-likeness (QED) is 0.848. The van der Waals surface area contributed by atoms with Crippen LogP contribution in [0.25, 0.3) is 11.2 Å². The van der Waals surface area contributed by atoms with Gasteiger partial charge in [0, 0.05) is 5.88 Å². The van der Waals surface area contributed by atoms with Crippen molar-refractivity contribution in [2.45, 2.75) is 38.1 Å². The third-order valence-electron chi connectivity index (χ3n) is 4.09. The third kappa shape index (κ3) is 2.39. The number of nitrogens with one attached hydrogen (secondary N) is 2. The summed E-state index contributed by atoms with van der Waals surface area (Å²) >= 11 is 6.23. The maximum atomic E-state index is 6.23. The molecule has 0 atom stereocenters. The summed E-state index contributed by atoms with van der Waals surface area (Å²) in [6.07, 6.45) is 7.75. The van der Waals surface area contributed by atoms with Gasteiger partial charge in [-0.1, -0.05) is 6.92 Å². The Morgan fingerprint density at radius 3 is 2.89 bits per heavy atom. The van der Waals surface area contributed by atoms with Crippen LogP contribution in [0.4, 0.5) is 5.82 Å². The van der Waals surface area contributed by atoms with Gasteiger partial charge < -0.3 is 10.3 Å². The molecule has 2 aromatic rings. The van der Waals surface area contributed by atoms with Crippen molar-refractivity contribution in [3.05, 3.63) is 12.7 Å². The normalized spacial score (nSPS) is 27.6. The fourth-order valence-corrected chi connectivity index (χ4v) is 3.05. The lowest BCUT2D eigenvalue weighted by molar-refractivity contribution is 0.286. The zero-order chi connectivity index (χ0) is 13.3. The average Bonchev–Trinajstić information content (AvgIpc) is 2.91. The number of H-pyrrole nitrogens is 1. The molecule has 3 rings (SSSR count). The van der Waals surface area contributed by atoms with Crippen molar-refractivity contribution in [3.63, 3.8) is 0 Å². The Hall–Kier alpha value is -1.36. The number of alkyl halides is 1. The van der Waals surface area contributed by atoms with Crippen LogP contribution in [0.2, 0.25) is 0 Å². The summed E-state index contributed by atoms with van der Waals surface area (Å²) in [5.41, 5.74) is 1.48. The predicted molar refractivity (Wildman–Crippen MR) is 76.4 cm³/mol. The van der Waals surface area contributed by atoms with E-state index in [4.69, 9.17) is 11.6 Å². The van der Waals surface area contributed by atoms with E-state index in [9.17, 15) is 0 Å². The summed E-state index contributed by atoms with van der Waals surface area (Å²) < 4.78 is 0. The predicted octanol–water partition coefficient (Wildman–Crippen LogP) is 2.95. The molecule has 0 aromatic carbocycles. The molecule has 0 bridgehead atoms. The zero-order valence-electron chi connectivity index (χ0n) is 11.0. The molecule has 0 unspecified atom stereocenters. The van der Waals surface area contributed by atoms with E-state index in [0.29, 0.717) is 11.5 Å². The summed E-state index contributed by atoms with van der Waals surface area (Å²) in [6.45, 7) is 2.30. The van der Waals surface area contributed by atoms with Gasteiger partial charge in [-0.15, -0.1) is 11.6 Å². The molecule has 0 aliphatic heterocycles. The van der Waals surface area contributed by atoms with E-state index in [1.165, 1.54) is 12.8 Å². The van der Waals surface area contributed by atoms with Gasteiger partial charge in [-0.05, 0) is 31.6 Å². The summed E-state index contributed by atoms with van der Waals surface area (Å²) in [7, 11) is 0. The average molecular weight is 280 g/mol. The number of imidazole rings is 1. The molecular weight excluding hydrogens is 262 g/mol. The number of rotatable bonds is 3. The van der Waals surface area contributed by atoms with Gasteiger partial charge in [-0.25, -0.2) is 15.0 Å². The number of hydrogen-bond acceptors (Lipinski definition) is 4. The maximum Gasteiger partial charge on any atom is 0.182 e. The number of nitrogens with zero attached hydrogens (tertiary/aromatic N) is 3. The SMILES string of the molecule is CC1CCC(CCl)(Nc2ncnc3nc[nH]c23)CC1. The topological polar surface area (TPSA) is 66.5 Å². The minimum Gasteiger partial charge on any atom is -0.362 e. The van der Waals surface area contributed by atoms with Gasteiger partial charge in [0.05, 0.1) is 11.9 Å². The fraction of sp³-hybridized carbons (Fsp3) is 0.615. The molecular formula is C13H18ClN5. The van der Waals surface area contributed by atoms with Crippen molar-refractivity contribution in [1.82, 2.24) is 19.9 Å². The molecule has 0 amide bonds. The third-order valence-corrected chi connectivity index (χ3v) is 4.61. The second-order valence-corrected chi connectivity index (χ2v) is 5.81. The second-order valence-electron chi connectivity index (χ2n) is 5.54. The lowest BCUT2D eigenvalue weighted by atomic mass is 9.78. The van der Waals surface area contributed by atoms with E-state index < -0.39 is 0 Å². The number of anilines is 1. The molecule has 1 fully saturated rings. The molecule has 0 spiro atoms. The summed E-state index contributed by atoms with van der Waals surface area (Å²) in [5, 5.41) is 3.54. The van der Waals surface area contributed by atoms with Crippen LogP contribution >= 0.6 is 11.6 Å². The molecule has 1 saturated carbocycles. The minimum absolute atomic E-state index is 0.0551. The molecule has 1 aliphatic carbocycles. The lowest BCUT2D eigenvalue weighted by Gasteiger charge is -2.39. The van der Waals surface area contributed by atoms with Gasteiger partial charge >= 0.3 is 0 Å². The van der Waals surface area contributed by atoms with Crippen LogP contribution < -0.4 is 5.32 Å². The number of halogens is 1. The molecule has 19 heavy (non-hydrogen) atoms. The first-order chi connectivity index (χ1) is 9.22. The Labute approximate surface area is 117 Å². The highest BCUT2D eigenvalue weighted by Crippen LogP contribution is 2.35. The first-order valence-electron chi connectivity index (χ1n) is 6.71. The van der Waals surface area contributed by atoms with Crippen LogP contribution in [0.15, 0.2) is 12.7 Å². The molecule has 2 heterocycles. The van der Waals surface area contributed by atoms with Gasteiger partial charge in [0.25, 0.3) is 0 Å². The molecule has 1 aliphatic rings. The van der Waals surface area contributed by atoms with Gasteiger partial charge in [0.1, 0.15) is 11.8 Å². The largest absolute Gasteiger partial charge is 0.362 e. The monoisotopic (exact) mass is 279 g/mol. The van der Waals surface area contributed by atoms with Crippen LogP contribution in [0.1, 0.15) is 32.6 Å². The van der Waals surface area contributed by atoms with Crippen molar-refractivity contribution in [3.8, 4) is 0 Å². The van der Waals surface area contributed by atoms with E-state index in [1.54, 1.807) is 12.7 Å². The van der Waals surface area contributed by atoms with Gasteiger partial charge in [0.2, 0.25) is 0 Å². The Kier molecular flexibility index (Phi) is 3.31. The van der Waals surface area contributed by atoms with Gasteiger partial charge in [0.15, 0.2) is 11.5 Å². The molecule has 102 valence electrons. The van der Waals surface area contributed by atoms with Crippen LogP contribution in [0, 0.1) is 5.92 Å². The first-order valence-corrected chi connectivity index (χ1v) is 7.24. The molecule has 0 radical (unpaired) electrons. The number of fused-ring (bicyclic) bond motifs is 1. The van der Waals surface area contributed by atoms with Gasteiger partial charge in [-0.2, -0.15) is 0 Å². The summed E-state index contributed by atoms with van der Waals surface area (Å²) in [5.74, 6) is 2.19. The van der Waals surface area contributed by atoms with Crippen LogP contribution in [-0.4, -0.2) is 31.4 Å². The van der Waals surface area contributed by atoms with E-state index in [-0.39, 0.29) is 5.54 Å². The van der Waals surface area contributed by atoms with Crippen LogP contribution in [0.5, 0.6) is 0 Å². The molecule has 2 N–H and O–H groups in total. The highest BCUT2D eigenvalue weighted by molar-refractivity contribution is 6.18. The highest BCUT2D eigenvalue weighted by Gasteiger charge is 2.34. The second kappa shape index (κ2) is 4.96. The van der Waals surface area contributed by atoms with Crippen molar-refractivity contribution in [1.29, 1.82) is 0 Å². The van der Waals surface area contributed by atoms with E-state index in [1.807, 2.05) is 0 Å². The van der Waals surface area contributed by atoms with Crippen molar-refractivity contribution < 1.29 is 0 Å². The fourth-order valence-electron chi connectivity index (χ4n) is 2.72. The van der Waals surface area contributed by atoms with Crippen LogP contribution in [0.3, 0.4) is 0 Å². The standard InChI is InChI=1S/C13H18ClN5/c1-9-2-4-13(6-14,5-3-9)19-12-10-11(16-7-15-10)17-8-18-12/h7-9H,2-6H2,1H3,(H2,15,16,17,18,19). The molecule has 0 saturated heterocycles. The minimum atomic E-state index is -0.0551. The molecule has 6 heteroatoms. The van der Waals surface area contributed by atoms with Crippen molar-refractivity contribution >= 4 is 28.6 Å². The highest BCUT2D eigenvalue weighted by atomic mass is 35.5. The lowest BCUT2D eigenvalue weighted by Crippen LogP contribution is -2.43. The first kappa shape index (κ1) is 12.7. The number of aromatic amines is 1. The molecule has 2 aromatic heterocycles. The van der Waals surface area contributed by atoms with E-state index in [2.05, 4.69) is 32.2 Å². The van der Waals surface area contributed by atoms with Gasteiger partial charge in [-0.3, -0.25) is 0 Å².